The Kier molecular flexibility index (Phi) is 6.21. The third kappa shape index (κ3) is 4.43. The van der Waals surface area contributed by atoms with Gasteiger partial charge in [0.1, 0.15) is 5.82 Å². The van der Waals surface area contributed by atoms with Gasteiger partial charge in [-0.25, -0.2) is 26.3 Å². The van der Waals surface area contributed by atoms with Gasteiger partial charge in [0.2, 0.25) is 5.92 Å². The highest BCUT2D eigenvalue weighted by Crippen LogP contribution is 2.46. The van der Waals surface area contributed by atoms with E-state index in [4.69, 9.17) is 4.98 Å². The van der Waals surface area contributed by atoms with E-state index < -0.39 is 27.6 Å². The van der Waals surface area contributed by atoms with E-state index >= 15 is 4.39 Å². The van der Waals surface area contributed by atoms with Crippen LogP contribution in [0.3, 0.4) is 0 Å². The smallest absolute Gasteiger partial charge is 0.248 e. The van der Waals surface area contributed by atoms with Gasteiger partial charge in [-0.15, -0.1) is 5.10 Å². The highest BCUT2D eigenvalue weighted by Gasteiger charge is 2.40. The van der Waals surface area contributed by atoms with Gasteiger partial charge < -0.3 is 4.57 Å². The molecule has 208 valence electrons. The Labute approximate surface area is 228 Å². The highest BCUT2D eigenvalue weighted by molar-refractivity contribution is 7.90. The summed E-state index contributed by atoms with van der Waals surface area (Å²) in [7, 11) is -1.82. The van der Waals surface area contributed by atoms with Gasteiger partial charge in [0, 0.05) is 49.5 Å². The van der Waals surface area contributed by atoms with Gasteiger partial charge in [-0.2, -0.15) is 0 Å². The molecule has 4 aromatic heterocycles. The molecule has 0 saturated heterocycles. The molecule has 0 spiro atoms. The summed E-state index contributed by atoms with van der Waals surface area (Å²) in [4.78, 5) is 9.23. The summed E-state index contributed by atoms with van der Waals surface area (Å²) < 4.78 is 72.6. The second kappa shape index (κ2) is 9.39. The van der Waals surface area contributed by atoms with E-state index in [0.717, 1.165) is 11.9 Å². The predicted molar refractivity (Wildman–Crippen MR) is 144 cm³/mol. The van der Waals surface area contributed by atoms with Crippen LogP contribution < -0.4 is 0 Å². The van der Waals surface area contributed by atoms with Crippen molar-refractivity contribution in [1.29, 1.82) is 0 Å². The zero-order chi connectivity index (χ0) is 28.4. The Balaban J connectivity index is 1.70. The molecule has 1 aliphatic carbocycles. The lowest BCUT2D eigenvalue weighted by molar-refractivity contribution is -0.0495. The Morgan fingerprint density at radius 3 is 2.48 bits per heavy atom. The molecule has 1 fully saturated rings. The lowest BCUT2D eigenvalue weighted by atomic mass is 9.80. The topological polar surface area (TPSA) is 95.6 Å². The quantitative estimate of drug-likeness (QED) is 0.272. The molecule has 1 unspecified atom stereocenters. The van der Waals surface area contributed by atoms with Crippen LogP contribution in [0.4, 0.5) is 13.2 Å². The number of sulfone groups is 1. The van der Waals surface area contributed by atoms with E-state index in [0.29, 0.717) is 33.2 Å². The average Bonchev–Trinajstić information content (AvgIpc) is 3.41. The fraction of sp³-hybridized carbons (Fsp3) is 0.357. The third-order valence-electron chi connectivity index (χ3n) is 7.86. The first-order valence-electron chi connectivity index (χ1n) is 12.9. The van der Waals surface area contributed by atoms with Crippen LogP contribution in [0.15, 0.2) is 53.7 Å². The molecule has 5 aromatic rings. The number of halogens is 3. The minimum Gasteiger partial charge on any atom is -0.329 e. The van der Waals surface area contributed by atoms with Gasteiger partial charge in [-0.3, -0.25) is 9.97 Å². The second-order valence-electron chi connectivity index (χ2n) is 10.6. The molecule has 0 radical (unpaired) electrons. The predicted octanol–water partition coefficient (Wildman–Crippen LogP) is 5.65. The Morgan fingerprint density at radius 2 is 1.82 bits per heavy atom. The number of aromatic nitrogens is 6. The summed E-state index contributed by atoms with van der Waals surface area (Å²) in [6, 6.07) is 8.65. The zero-order valence-electron chi connectivity index (χ0n) is 22.1. The van der Waals surface area contributed by atoms with Crippen LogP contribution in [-0.4, -0.2) is 50.1 Å². The highest BCUT2D eigenvalue weighted by atomic mass is 32.2. The van der Waals surface area contributed by atoms with E-state index in [2.05, 4.69) is 15.3 Å². The van der Waals surface area contributed by atoms with Gasteiger partial charge in [-0.1, -0.05) is 5.21 Å². The van der Waals surface area contributed by atoms with Crippen molar-refractivity contribution in [1.82, 2.24) is 29.5 Å². The molecule has 0 amide bonds. The van der Waals surface area contributed by atoms with Gasteiger partial charge in [0.05, 0.1) is 44.6 Å². The van der Waals surface area contributed by atoms with Crippen molar-refractivity contribution in [3.05, 3.63) is 66.0 Å². The number of benzene rings is 1. The van der Waals surface area contributed by atoms with Gasteiger partial charge in [0.15, 0.2) is 9.84 Å². The van der Waals surface area contributed by atoms with Crippen LogP contribution in [0.25, 0.3) is 33.2 Å². The molecule has 1 aliphatic rings. The molecular formula is C28H27F3N6O2S. The van der Waals surface area contributed by atoms with E-state index in [1.807, 2.05) is 17.6 Å². The van der Waals surface area contributed by atoms with E-state index in [1.165, 1.54) is 24.4 Å². The number of nitrogens with zero attached hydrogens (tertiary/aromatic N) is 6. The summed E-state index contributed by atoms with van der Waals surface area (Å²) >= 11 is 0. The summed E-state index contributed by atoms with van der Waals surface area (Å²) in [5.74, 6) is -3.73. The largest absolute Gasteiger partial charge is 0.329 e. The number of fused-ring (bicyclic) bond motifs is 3. The molecule has 4 heterocycles. The molecule has 1 saturated carbocycles. The van der Waals surface area contributed by atoms with Gasteiger partial charge in [0.25, 0.3) is 0 Å². The normalized spacial score (nSPS) is 17.1. The fourth-order valence-corrected chi connectivity index (χ4v) is 6.59. The van der Waals surface area contributed by atoms with Crippen LogP contribution in [0, 0.1) is 18.7 Å². The number of pyridine rings is 2. The van der Waals surface area contributed by atoms with Crippen LogP contribution in [0.5, 0.6) is 0 Å². The van der Waals surface area contributed by atoms with Crippen LogP contribution >= 0.6 is 0 Å². The molecule has 0 N–H and O–H groups in total. The third-order valence-corrected chi connectivity index (χ3v) is 8.97. The molecule has 6 rings (SSSR count). The van der Waals surface area contributed by atoms with E-state index in [9.17, 15) is 17.2 Å². The number of hydrogen-bond donors (Lipinski definition) is 0. The summed E-state index contributed by atoms with van der Waals surface area (Å²) in [5, 5.41) is 8.89. The monoisotopic (exact) mass is 568 g/mol. The maximum atomic E-state index is 15.5. The molecule has 1 atom stereocenters. The molecule has 1 aromatic carbocycles. The Bertz CT molecular complexity index is 1850. The maximum Gasteiger partial charge on any atom is 0.248 e. The van der Waals surface area contributed by atoms with Crippen molar-refractivity contribution >= 4 is 31.8 Å². The average molecular weight is 569 g/mol. The van der Waals surface area contributed by atoms with E-state index in [1.54, 1.807) is 30.1 Å². The first kappa shape index (κ1) is 26.4. The summed E-state index contributed by atoms with van der Waals surface area (Å²) in [6.07, 6.45) is 3.95. The zero-order valence-corrected chi connectivity index (χ0v) is 23.0. The van der Waals surface area contributed by atoms with Crippen LogP contribution in [0.2, 0.25) is 0 Å². The van der Waals surface area contributed by atoms with Crippen molar-refractivity contribution in [2.75, 3.05) is 6.26 Å². The number of alkyl halides is 2. The molecule has 8 nitrogen and oxygen atoms in total. The van der Waals surface area contributed by atoms with Crippen molar-refractivity contribution in [3.8, 4) is 11.3 Å². The number of hydrogen-bond acceptors (Lipinski definition) is 6. The Morgan fingerprint density at radius 1 is 1.07 bits per heavy atom. The first-order valence-corrected chi connectivity index (χ1v) is 14.8. The van der Waals surface area contributed by atoms with Gasteiger partial charge in [-0.05, 0) is 62.1 Å². The second-order valence-corrected chi connectivity index (χ2v) is 12.6. The van der Waals surface area contributed by atoms with E-state index in [-0.39, 0.29) is 42.2 Å². The van der Waals surface area contributed by atoms with Crippen molar-refractivity contribution in [2.24, 2.45) is 13.0 Å². The van der Waals surface area contributed by atoms with Gasteiger partial charge >= 0.3 is 0 Å². The van der Waals surface area contributed by atoms with Crippen molar-refractivity contribution < 1.29 is 21.6 Å². The number of rotatable bonds is 5. The molecule has 40 heavy (non-hydrogen) atoms. The SMILES string of the molecule is Cc1nnn(C)c1-c1cnc2c3ccc(S(C)(=O)=O)cc3n(C(c3ncccc3F)C3CCC(F)(F)CC3)c2c1. The maximum absolute atomic E-state index is 15.5. The summed E-state index contributed by atoms with van der Waals surface area (Å²) in [6.45, 7) is 1.83. The standard InChI is InChI=1S/C28H27F3N6O2S/c1-16-26(36(2)35-34-16)18-13-23-24(33-15-18)20-7-6-19(40(3,38)39)14-22(20)37(23)27(25-21(29)5-4-12-32-25)17-8-10-28(30,31)11-9-17/h4-7,12-15,17,27H,8-11H2,1-3H3. The molecular weight excluding hydrogens is 541 g/mol. The van der Waals surface area contributed by atoms with Crippen LogP contribution in [0.1, 0.15) is 43.1 Å². The minimum absolute atomic E-state index is 0.0892. The minimum atomic E-state index is -3.58. The lowest BCUT2D eigenvalue weighted by Crippen LogP contribution is -2.31. The molecule has 12 heteroatoms. The fourth-order valence-electron chi connectivity index (χ4n) is 5.95. The lowest BCUT2D eigenvalue weighted by Gasteiger charge is -2.35. The van der Waals surface area contributed by atoms with Crippen molar-refractivity contribution in [3.63, 3.8) is 0 Å². The number of aryl methyl sites for hydroxylation is 2. The summed E-state index contributed by atoms with van der Waals surface area (Å²) in [5.41, 5.74) is 3.94. The Hall–Kier alpha value is -3.80. The van der Waals surface area contributed by atoms with Crippen molar-refractivity contribution in [2.45, 2.75) is 49.5 Å². The first-order chi connectivity index (χ1) is 18.9. The molecule has 0 aliphatic heterocycles. The molecule has 0 bridgehead atoms. The van der Waals surface area contributed by atoms with Crippen LogP contribution in [-0.2, 0) is 16.9 Å².